The summed E-state index contributed by atoms with van der Waals surface area (Å²) < 4.78 is 38.2. The maximum Gasteiger partial charge on any atom is 0.416 e. The van der Waals surface area contributed by atoms with Gasteiger partial charge in [-0.1, -0.05) is 39.0 Å². The highest BCUT2D eigenvalue weighted by molar-refractivity contribution is 5.26. The minimum atomic E-state index is -4.26. The highest BCUT2D eigenvalue weighted by Gasteiger charge is 2.31. The number of halogens is 3. The van der Waals surface area contributed by atoms with E-state index in [9.17, 15) is 13.2 Å². The number of nitrogens with one attached hydrogen (secondary N) is 1. The van der Waals surface area contributed by atoms with Crippen LogP contribution in [0.25, 0.3) is 0 Å². The summed E-state index contributed by atoms with van der Waals surface area (Å²) in [5.74, 6) is 0. The van der Waals surface area contributed by atoms with E-state index in [-0.39, 0.29) is 5.41 Å². The van der Waals surface area contributed by atoms with Crippen LogP contribution in [0.3, 0.4) is 0 Å². The van der Waals surface area contributed by atoms with Gasteiger partial charge in [0.2, 0.25) is 0 Å². The van der Waals surface area contributed by atoms with Crippen molar-refractivity contribution in [3.8, 4) is 0 Å². The average Bonchev–Trinajstić information content (AvgIpc) is 2.38. The summed E-state index contributed by atoms with van der Waals surface area (Å²) in [6.45, 7) is 8.08. The molecule has 0 radical (unpaired) electrons. The SMILES string of the molecule is CCCNCC(C)(CC)Cc1cccc(C(F)(F)F)c1. The zero-order valence-corrected chi connectivity index (χ0v) is 12.5. The van der Waals surface area contributed by atoms with Crippen LogP contribution >= 0.6 is 0 Å². The third kappa shape index (κ3) is 5.16. The summed E-state index contributed by atoms with van der Waals surface area (Å²) in [5.41, 5.74) is 0.178. The minimum absolute atomic E-state index is 0.0145. The van der Waals surface area contributed by atoms with Gasteiger partial charge in [0.1, 0.15) is 0 Å². The molecule has 20 heavy (non-hydrogen) atoms. The lowest BCUT2D eigenvalue weighted by Crippen LogP contribution is -2.33. The van der Waals surface area contributed by atoms with Crippen LogP contribution in [-0.2, 0) is 12.6 Å². The second kappa shape index (κ2) is 7.11. The summed E-state index contributed by atoms with van der Waals surface area (Å²) in [7, 11) is 0. The van der Waals surface area contributed by atoms with Crippen molar-refractivity contribution in [2.24, 2.45) is 5.41 Å². The van der Waals surface area contributed by atoms with Crippen LogP contribution in [0.1, 0.15) is 44.7 Å². The smallest absolute Gasteiger partial charge is 0.316 e. The highest BCUT2D eigenvalue weighted by atomic mass is 19.4. The number of hydrogen-bond donors (Lipinski definition) is 1. The van der Waals surface area contributed by atoms with Gasteiger partial charge < -0.3 is 5.32 Å². The molecule has 0 aromatic heterocycles. The van der Waals surface area contributed by atoms with E-state index < -0.39 is 11.7 Å². The lowest BCUT2D eigenvalue weighted by Gasteiger charge is -2.29. The first-order chi connectivity index (χ1) is 9.30. The molecule has 0 bridgehead atoms. The van der Waals surface area contributed by atoms with Crippen molar-refractivity contribution < 1.29 is 13.2 Å². The molecule has 0 aliphatic carbocycles. The molecule has 0 saturated carbocycles. The Labute approximate surface area is 119 Å². The van der Waals surface area contributed by atoms with Crippen LogP contribution in [0.4, 0.5) is 13.2 Å². The summed E-state index contributed by atoms with van der Waals surface area (Å²) in [5, 5.41) is 3.37. The molecule has 1 N–H and O–H groups in total. The van der Waals surface area contributed by atoms with Gasteiger partial charge in [-0.2, -0.15) is 13.2 Å². The number of rotatable bonds is 7. The second-order valence-electron chi connectivity index (χ2n) is 5.72. The van der Waals surface area contributed by atoms with E-state index in [4.69, 9.17) is 0 Å². The van der Waals surface area contributed by atoms with Gasteiger partial charge in [0.15, 0.2) is 0 Å². The Bertz CT molecular complexity index is 414. The van der Waals surface area contributed by atoms with E-state index in [2.05, 4.69) is 26.1 Å². The summed E-state index contributed by atoms with van der Waals surface area (Å²) in [4.78, 5) is 0. The van der Waals surface area contributed by atoms with Crippen LogP contribution in [0.15, 0.2) is 24.3 Å². The van der Waals surface area contributed by atoms with Gasteiger partial charge in [-0.3, -0.25) is 0 Å². The van der Waals surface area contributed by atoms with Gasteiger partial charge >= 0.3 is 6.18 Å². The Kier molecular flexibility index (Phi) is 6.06. The van der Waals surface area contributed by atoms with E-state index in [0.717, 1.165) is 37.6 Å². The van der Waals surface area contributed by atoms with E-state index in [1.165, 1.54) is 12.1 Å². The molecule has 1 atom stereocenters. The topological polar surface area (TPSA) is 12.0 Å². The molecule has 0 fully saturated rings. The molecule has 4 heteroatoms. The Hall–Kier alpha value is -1.03. The standard InChI is InChI=1S/C16H24F3N/c1-4-9-20-12-15(3,5-2)11-13-7-6-8-14(10-13)16(17,18)19/h6-8,10,20H,4-5,9,11-12H2,1-3H3. The molecule has 1 unspecified atom stereocenters. The lowest BCUT2D eigenvalue weighted by molar-refractivity contribution is -0.137. The Morgan fingerprint density at radius 1 is 1.15 bits per heavy atom. The summed E-state index contributed by atoms with van der Waals surface area (Å²) >= 11 is 0. The third-order valence-electron chi connectivity index (χ3n) is 3.72. The molecule has 1 nitrogen and oxygen atoms in total. The minimum Gasteiger partial charge on any atom is -0.316 e. The van der Waals surface area contributed by atoms with Crippen molar-refractivity contribution in [2.75, 3.05) is 13.1 Å². The van der Waals surface area contributed by atoms with Gasteiger partial charge in [-0.25, -0.2) is 0 Å². The predicted molar refractivity (Wildman–Crippen MR) is 76.7 cm³/mol. The lowest BCUT2D eigenvalue weighted by atomic mass is 9.81. The first kappa shape index (κ1) is 17.0. The van der Waals surface area contributed by atoms with Gasteiger partial charge in [0.25, 0.3) is 0 Å². The fourth-order valence-electron chi connectivity index (χ4n) is 2.23. The summed E-state index contributed by atoms with van der Waals surface area (Å²) in [6, 6.07) is 5.67. The van der Waals surface area contributed by atoms with Crippen molar-refractivity contribution >= 4 is 0 Å². The Morgan fingerprint density at radius 3 is 2.40 bits per heavy atom. The van der Waals surface area contributed by atoms with E-state index >= 15 is 0 Å². The monoisotopic (exact) mass is 287 g/mol. The molecule has 1 rings (SSSR count). The number of hydrogen-bond acceptors (Lipinski definition) is 1. The van der Waals surface area contributed by atoms with Crippen LogP contribution in [-0.4, -0.2) is 13.1 Å². The zero-order chi connectivity index (χ0) is 15.2. The van der Waals surface area contributed by atoms with Crippen LogP contribution in [0, 0.1) is 5.41 Å². The fourth-order valence-corrected chi connectivity index (χ4v) is 2.23. The largest absolute Gasteiger partial charge is 0.416 e. The van der Waals surface area contributed by atoms with E-state index in [1.54, 1.807) is 6.07 Å². The third-order valence-corrected chi connectivity index (χ3v) is 3.72. The van der Waals surface area contributed by atoms with Gasteiger partial charge in [-0.15, -0.1) is 0 Å². The first-order valence-corrected chi connectivity index (χ1v) is 7.17. The molecule has 0 heterocycles. The van der Waals surface area contributed by atoms with E-state index in [0.29, 0.717) is 6.42 Å². The fraction of sp³-hybridized carbons (Fsp3) is 0.625. The molecule has 1 aromatic carbocycles. The maximum absolute atomic E-state index is 12.7. The van der Waals surface area contributed by atoms with Crippen LogP contribution in [0.2, 0.25) is 0 Å². The quantitative estimate of drug-likeness (QED) is 0.719. The average molecular weight is 287 g/mol. The number of alkyl halides is 3. The van der Waals surface area contributed by atoms with Gasteiger partial charge in [-0.05, 0) is 42.9 Å². The molecule has 0 saturated heterocycles. The van der Waals surface area contributed by atoms with Crippen molar-refractivity contribution in [2.45, 2.75) is 46.2 Å². The van der Waals surface area contributed by atoms with Crippen molar-refractivity contribution in [1.82, 2.24) is 5.32 Å². The molecule has 0 amide bonds. The van der Waals surface area contributed by atoms with Crippen molar-refractivity contribution in [1.29, 1.82) is 0 Å². The molecule has 0 spiro atoms. The predicted octanol–water partition coefficient (Wildman–Crippen LogP) is 4.66. The number of benzene rings is 1. The van der Waals surface area contributed by atoms with E-state index in [1.807, 2.05) is 0 Å². The highest BCUT2D eigenvalue weighted by Crippen LogP contribution is 2.32. The first-order valence-electron chi connectivity index (χ1n) is 7.17. The Balaban J connectivity index is 2.79. The van der Waals surface area contributed by atoms with Gasteiger partial charge in [0, 0.05) is 6.54 Å². The maximum atomic E-state index is 12.7. The molecule has 1 aromatic rings. The summed E-state index contributed by atoms with van der Waals surface area (Å²) in [6.07, 6.45) is -1.62. The molecular formula is C16H24F3N. The van der Waals surface area contributed by atoms with Crippen LogP contribution in [0.5, 0.6) is 0 Å². The molecule has 0 aliphatic heterocycles. The molecule has 114 valence electrons. The molecular weight excluding hydrogens is 263 g/mol. The van der Waals surface area contributed by atoms with Crippen molar-refractivity contribution in [3.05, 3.63) is 35.4 Å². The molecule has 0 aliphatic rings. The Morgan fingerprint density at radius 2 is 1.85 bits per heavy atom. The normalized spacial score (nSPS) is 15.1. The second-order valence-corrected chi connectivity index (χ2v) is 5.72. The van der Waals surface area contributed by atoms with Crippen molar-refractivity contribution in [3.63, 3.8) is 0 Å². The van der Waals surface area contributed by atoms with Gasteiger partial charge in [0.05, 0.1) is 5.56 Å². The van der Waals surface area contributed by atoms with Crippen LogP contribution < -0.4 is 5.32 Å². The zero-order valence-electron chi connectivity index (χ0n) is 12.5.